The number of nitrogens with zero attached hydrogens (tertiary/aromatic N) is 2. The van der Waals surface area contributed by atoms with Crippen LogP contribution in [0.25, 0.3) is 0 Å². The fourth-order valence-electron chi connectivity index (χ4n) is 4.96. The van der Waals surface area contributed by atoms with E-state index in [1.165, 1.54) is 0 Å². The molecule has 2 amide bonds. The molecule has 164 valence electrons. The van der Waals surface area contributed by atoms with Gasteiger partial charge < -0.3 is 15.4 Å². The summed E-state index contributed by atoms with van der Waals surface area (Å²) in [4.78, 5) is 31.7. The van der Waals surface area contributed by atoms with Crippen molar-refractivity contribution in [2.24, 2.45) is 0 Å². The number of fused-ring (bicyclic) bond motifs is 1. The van der Waals surface area contributed by atoms with Gasteiger partial charge in [-0.2, -0.15) is 0 Å². The molecule has 0 bridgehead atoms. The number of ether oxygens (including phenoxy) is 1. The molecular weight excluding hydrogens is 392 g/mol. The molecule has 2 fully saturated rings. The molecule has 2 N–H and O–H groups in total. The fourth-order valence-corrected chi connectivity index (χ4v) is 4.96. The predicted molar refractivity (Wildman–Crippen MR) is 117 cm³/mol. The first-order valence-corrected chi connectivity index (χ1v) is 10.9. The van der Waals surface area contributed by atoms with E-state index in [0.717, 1.165) is 36.3 Å². The highest BCUT2D eigenvalue weighted by Gasteiger charge is 2.51. The van der Waals surface area contributed by atoms with Crippen LogP contribution in [0.1, 0.15) is 49.9 Å². The molecule has 0 unspecified atom stereocenters. The van der Waals surface area contributed by atoms with E-state index >= 15 is 0 Å². The van der Waals surface area contributed by atoms with Gasteiger partial charge in [0.1, 0.15) is 5.75 Å². The van der Waals surface area contributed by atoms with Gasteiger partial charge in [0.2, 0.25) is 11.8 Å². The highest BCUT2D eigenvalue weighted by Crippen LogP contribution is 2.45. The van der Waals surface area contributed by atoms with Crippen molar-refractivity contribution in [3.8, 4) is 5.75 Å². The van der Waals surface area contributed by atoms with Gasteiger partial charge >= 0.3 is 0 Å². The molecule has 31 heavy (non-hydrogen) atoms. The van der Waals surface area contributed by atoms with Gasteiger partial charge in [-0.1, -0.05) is 18.2 Å². The maximum absolute atomic E-state index is 12.9. The third kappa shape index (κ3) is 4.71. The number of nitrogens with one attached hydrogen (secondary N) is 2. The van der Waals surface area contributed by atoms with E-state index in [2.05, 4.69) is 39.6 Å². The normalized spacial score (nSPS) is 25.9. The van der Waals surface area contributed by atoms with Gasteiger partial charge in [0.15, 0.2) is 0 Å². The lowest BCUT2D eigenvalue weighted by Crippen LogP contribution is -2.54. The Balaban J connectivity index is 1.55. The average molecular weight is 423 g/mol. The lowest BCUT2D eigenvalue weighted by Gasteiger charge is -2.34. The van der Waals surface area contributed by atoms with Gasteiger partial charge in [-0.3, -0.25) is 19.5 Å². The van der Waals surface area contributed by atoms with E-state index in [1.807, 2.05) is 30.3 Å². The quantitative estimate of drug-likeness (QED) is 0.748. The Morgan fingerprint density at radius 3 is 2.81 bits per heavy atom. The van der Waals surface area contributed by atoms with Gasteiger partial charge in [0.25, 0.3) is 0 Å². The number of methoxy groups -OCH3 is 1. The molecule has 1 aromatic heterocycles. The molecule has 2 saturated heterocycles. The SMILES string of the molecule is COc1ccc([C@@H]2C[C@]3(C)NC(=O)CCC[C@@H]3N2CC(=O)NCc2ccccn2)cc1. The Morgan fingerprint density at radius 1 is 1.29 bits per heavy atom. The number of hydrogen-bond acceptors (Lipinski definition) is 5. The molecule has 4 rings (SSSR count). The zero-order valence-corrected chi connectivity index (χ0v) is 18.1. The molecule has 7 nitrogen and oxygen atoms in total. The van der Waals surface area contributed by atoms with Crippen molar-refractivity contribution in [2.75, 3.05) is 13.7 Å². The number of rotatable bonds is 6. The standard InChI is InChI=1S/C24H30N4O3/c1-24-14-20(17-9-11-19(31-2)12-10-17)28(21(24)7-5-8-22(29)27-24)16-23(30)26-15-18-6-3-4-13-25-18/h3-4,6,9-13,20-21H,5,7-8,14-16H2,1-2H3,(H,26,30)(H,27,29)/t20-,21-,24-/m0/s1. The largest absolute Gasteiger partial charge is 0.497 e. The minimum atomic E-state index is -0.362. The number of carbonyl (C=O) groups excluding carboxylic acids is 2. The highest BCUT2D eigenvalue weighted by atomic mass is 16.5. The third-order valence-corrected chi connectivity index (χ3v) is 6.48. The van der Waals surface area contributed by atoms with Crippen LogP contribution < -0.4 is 15.4 Å². The van der Waals surface area contributed by atoms with E-state index in [-0.39, 0.29) is 36.0 Å². The summed E-state index contributed by atoms with van der Waals surface area (Å²) < 4.78 is 5.30. The van der Waals surface area contributed by atoms with Crippen molar-refractivity contribution in [2.45, 2.75) is 56.8 Å². The topological polar surface area (TPSA) is 83.6 Å². The molecule has 2 aromatic rings. The Bertz CT molecular complexity index is 918. The Morgan fingerprint density at radius 2 is 2.10 bits per heavy atom. The van der Waals surface area contributed by atoms with Crippen LogP contribution in [0, 0.1) is 0 Å². The second kappa shape index (κ2) is 9.06. The summed E-state index contributed by atoms with van der Waals surface area (Å²) in [6.45, 7) is 2.79. The first kappa shape index (κ1) is 21.3. The van der Waals surface area contributed by atoms with Crippen LogP contribution in [-0.4, -0.2) is 46.9 Å². The molecule has 0 saturated carbocycles. The van der Waals surface area contributed by atoms with Gasteiger partial charge in [0.05, 0.1) is 31.4 Å². The van der Waals surface area contributed by atoms with Gasteiger partial charge in [0, 0.05) is 24.7 Å². The molecule has 0 spiro atoms. The zero-order chi connectivity index (χ0) is 21.8. The van der Waals surface area contributed by atoms with Gasteiger partial charge in [-0.25, -0.2) is 0 Å². The summed E-state index contributed by atoms with van der Waals surface area (Å²) in [5, 5.41) is 6.25. The van der Waals surface area contributed by atoms with E-state index in [4.69, 9.17) is 4.74 Å². The summed E-state index contributed by atoms with van der Waals surface area (Å²) in [7, 11) is 1.65. The van der Waals surface area contributed by atoms with Crippen molar-refractivity contribution < 1.29 is 14.3 Å². The highest BCUT2D eigenvalue weighted by molar-refractivity contribution is 5.79. The van der Waals surface area contributed by atoms with E-state index in [0.29, 0.717) is 13.0 Å². The molecular formula is C24H30N4O3. The fraction of sp³-hybridized carbons (Fsp3) is 0.458. The maximum Gasteiger partial charge on any atom is 0.234 e. The number of benzene rings is 1. The molecule has 2 aliphatic rings. The van der Waals surface area contributed by atoms with Gasteiger partial charge in [-0.05, 0) is 56.0 Å². The van der Waals surface area contributed by atoms with Crippen LogP contribution in [0.4, 0.5) is 0 Å². The molecule has 0 radical (unpaired) electrons. The average Bonchev–Trinajstić information content (AvgIpc) is 2.94. The lowest BCUT2D eigenvalue weighted by molar-refractivity contribution is -0.123. The van der Waals surface area contributed by atoms with E-state index in [9.17, 15) is 9.59 Å². The van der Waals surface area contributed by atoms with Crippen molar-refractivity contribution in [1.29, 1.82) is 0 Å². The summed E-state index contributed by atoms with van der Waals surface area (Å²) in [6.07, 6.45) is 4.74. The van der Waals surface area contributed by atoms with Crippen molar-refractivity contribution in [1.82, 2.24) is 20.5 Å². The molecule has 3 atom stereocenters. The zero-order valence-electron chi connectivity index (χ0n) is 18.1. The maximum atomic E-state index is 12.9. The minimum Gasteiger partial charge on any atom is -0.497 e. The number of carbonyl (C=O) groups is 2. The first-order chi connectivity index (χ1) is 15.0. The third-order valence-electron chi connectivity index (χ3n) is 6.48. The Kier molecular flexibility index (Phi) is 6.23. The molecule has 0 aliphatic carbocycles. The lowest BCUT2D eigenvalue weighted by atomic mass is 9.88. The van der Waals surface area contributed by atoms with E-state index < -0.39 is 0 Å². The molecule has 1 aromatic carbocycles. The number of aromatic nitrogens is 1. The van der Waals surface area contributed by atoms with Crippen LogP contribution in [0.2, 0.25) is 0 Å². The van der Waals surface area contributed by atoms with Gasteiger partial charge in [-0.15, -0.1) is 0 Å². The number of pyridine rings is 1. The van der Waals surface area contributed by atoms with Crippen LogP contribution in [0.5, 0.6) is 5.75 Å². The van der Waals surface area contributed by atoms with Crippen LogP contribution in [0.3, 0.4) is 0 Å². The first-order valence-electron chi connectivity index (χ1n) is 10.9. The summed E-state index contributed by atoms with van der Waals surface area (Å²) >= 11 is 0. The predicted octanol–water partition coefficient (Wildman–Crippen LogP) is 2.58. The summed E-state index contributed by atoms with van der Waals surface area (Å²) in [6, 6.07) is 13.8. The number of likely N-dealkylation sites (tertiary alicyclic amines) is 1. The summed E-state index contributed by atoms with van der Waals surface area (Å²) in [5.74, 6) is 0.860. The van der Waals surface area contributed by atoms with Crippen molar-refractivity contribution in [3.05, 3.63) is 59.9 Å². The second-order valence-corrected chi connectivity index (χ2v) is 8.64. The van der Waals surface area contributed by atoms with Crippen molar-refractivity contribution >= 4 is 11.8 Å². The summed E-state index contributed by atoms with van der Waals surface area (Å²) in [5.41, 5.74) is 1.59. The van der Waals surface area contributed by atoms with E-state index in [1.54, 1.807) is 13.3 Å². The monoisotopic (exact) mass is 422 g/mol. The van der Waals surface area contributed by atoms with Crippen LogP contribution >= 0.6 is 0 Å². The second-order valence-electron chi connectivity index (χ2n) is 8.64. The number of hydrogen-bond donors (Lipinski definition) is 2. The van der Waals surface area contributed by atoms with Crippen LogP contribution in [0.15, 0.2) is 48.7 Å². The molecule has 3 heterocycles. The Labute approximate surface area is 183 Å². The van der Waals surface area contributed by atoms with Crippen LogP contribution in [-0.2, 0) is 16.1 Å². The minimum absolute atomic E-state index is 0.0380. The molecule has 2 aliphatic heterocycles. The van der Waals surface area contributed by atoms with Crippen molar-refractivity contribution in [3.63, 3.8) is 0 Å². The smallest absolute Gasteiger partial charge is 0.234 e. The molecule has 7 heteroatoms. The Hall–Kier alpha value is -2.93. The number of amides is 2.